The van der Waals surface area contributed by atoms with Crippen LogP contribution in [0.1, 0.15) is 0 Å². The zero-order valence-corrected chi connectivity index (χ0v) is 4.81. The van der Waals surface area contributed by atoms with Gasteiger partial charge in [-0.25, -0.2) is 0 Å². The fourth-order valence-corrected chi connectivity index (χ4v) is 0.695. The quantitative estimate of drug-likeness (QED) is 0.429. The summed E-state index contributed by atoms with van der Waals surface area (Å²) in [6.45, 7) is 4.80. The monoisotopic (exact) mass is 98.1 g/mol. The molecule has 0 N–H and O–H groups in total. The van der Waals surface area contributed by atoms with Crippen molar-refractivity contribution in [3.63, 3.8) is 0 Å². The van der Waals surface area contributed by atoms with E-state index in [4.69, 9.17) is 0 Å². The first-order valence-corrected chi connectivity index (χ1v) is 2.33. The molecular weight excluding hydrogens is 88.1 g/mol. The molecule has 0 radical (unpaired) electrons. The maximum Gasteiger partial charge on any atom is 0.0988 e. The molecule has 0 aromatic heterocycles. The Hall–Kier alpha value is -0.660. The fraction of sp³-hybridized carbons (Fsp3) is 0.600. The molecule has 1 rings (SSSR count). The average Bonchev–Trinajstić information content (AvgIpc) is 1.68. The molecule has 2 nitrogen and oxygen atoms in total. The maximum absolute atomic E-state index is 3.77. The highest BCUT2D eigenvalue weighted by molar-refractivity contribution is 4.98. The van der Waals surface area contributed by atoms with Crippen LogP contribution >= 0.6 is 0 Å². The minimum absolute atomic E-state index is 1.03. The second-order valence-electron chi connectivity index (χ2n) is 1.95. The zero-order valence-electron chi connectivity index (χ0n) is 4.81. The van der Waals surface area contributed by atoms with Gasteiger partial charge in [0.1, 0.15) is 0 Å². The van der Waals surface area contributed by atoms with E-state index in [0.29, 0.717) is 0 Å². The lowest BCUT2D eigenvalue weighted by molar-refractivity contribution is 0.0987. The molecule has 0 amide bonds. The second kappa shape index (κ2) is 1.15. The minimum atomic E-state index is 1.03. The molecule has 0 spiro atoms. The van der Waals surface area contributed by atoms with Crippen LogP contribution in [0.4, 0.5) is 0 Å². The smallest absolute Gasteiger partial charge is 0.0988 e. The summed E-state index contributed by atoms with van der Waals surface area (Å²) in [5.74, 6) is 1.11. The lowest BCUT2D eigenvalue weighted by Crippen LogP contribution is -2.47. The molecule has 7 heavy (non-hydrogen) atoms. The van der Waals surface area contributed by atoms with Crippen molar-refractivity contribution >= 4 is 0 Å². The van der Waals surface area contributed by atoms with Crippen LogP contribution in [0.3, 0.4) is 0 Å². The Morgan fingerprint density at radius 3 is 1.86 bits per heavy atom. The van der Waals surface area contributed by atoms with Gasteiger partial charge in [0.2, 0.25) is 0 Å². The summed E-state index contributed by atoms with van der Waals surface area (Å²) >= 11 is 0. The molecule has 1 aliphatic heterocycles. The summed E-state index contributed by atoms with van der Waals surface area (Å²) < 4.78 is 0. The molecule has 1 heterocycles. The zero-order chi connectivity index (χ0) is 5.44. The molecule has 2 heteroatoms. The predicted molar refractivity (Wildman–Crippen MR) is 29.5 cm³/mol. The van der Waals surface area contributed by atoms with Gasteiger partial charge in [-0.2, -0.15) is 0 Å². The molecule has 1 aliphatic rings. The van der Waals surface area contributed by atoms with E-state index in [9.17, 15) is 0 Å². The average molecular weight is 98.1 g/mol. The molecule has 1 fully saturated rings. The number of hydrogen-bond donors (Lipinski definition) is 0. The standard InChI is InChI=1S/C5H10N2/c1-5-6(2)4-7(5)3/h1,4H2,2-3H3. The van der Waals surface area contributed by atoms with E-state index < -0.39 is 0 Å². The Morgan fingerprint density at radius 1 is 1.43 bits per heavy atom. The lowest BCUT2D eigenvalue weighted by atomic mass is 10.5. The Morgan fingerprint density at radius 2 is 1.86 bits per heavy atom. The Labute approximate surface area is 44.0 Å². The van der Waals surface area contributed by atoms with E-state index in [1.165, 1.54) is 0 Å². The molecule has 0 aliphatic carbocycles. The van der Waals surface area contributed by atoms with Crippen molar-refractivity contribution in [2.45, 2.75) is 0 Å². The van der Waals surface area contributed by atoms with Gasteiger partial charge in [-0.05, 0) is 0 Å². The van der Waals surface area contributed by atoms with Gasteiger partial charge in [0.15, 0.2) is 0 Å². The van der Waals surface area contributed by atoms with Gasteiger partial charge >= 0.3 is 0 Å². The van der Waals surface area contributed by atoms with Gasteiger partial charge in [0.25, 0.3) is 0 Å². The second-order valence-corrected chi connectivity index (χ2v) is 1.95. The van der Waals surface area contributed by atoms with Crippen LogP contribution in [0.2, 0.25) is 0 Å². The van der Waals surface area contributed by atoms with Crippen molar-refractivity contribution in [3.05, 3.63) is 12.4 Å². The molecule has 0 aromatic rings. The van der Waals surface area contributed by atoms with Crippen LogP contribution in [0, 0.1) is 0 Å². The molecule has 0 bridgehead atoms. The first-order chi connectivity index (χ1) is 3.22. The Bertz CT molecular complexity index is 88.3. The lowest BCUT2D eigenvalue weighted by Gasteiger charge is -2.42. The summed E-state index contributed by atoms with van der Waals surface area (Å²) in [5, 5.41) is 0. The van der Waals surface area contributed by atoms with Gasteiger partial charge in [-0.15, -0.1) is 0 Å². The highest BCUT2D eigenvalue weighted by atomic mass is 15.5. The Balaban J connectivity index is 2.44. The van der Waals surface area contributed by atoms with Crippen LogP contribution in [0.25, 0.3) is 0 Å². The first-order valence-electron chi connectivity index (χ1n) is 2.33. The molecule has 0 saturated carbocycles. The van der Waals surface area contributed by atoms with Crippen LogP contribution in [0.15, 0.2) is 12.4 Å². The van der Waals surface area contributed by atoms with Crippen molar-refractivity contribution < 1.29 is 0 Å². The van der Waals surface area contributed by atoms with E-state index in [0.717, 1.165) is 12.5 Å². The van der Waals surface area contributed by atoms with Crippen molar-refractivity contribution in [1.29, 1.82) is 0 Å². The van der Waals surface area contributed by atoms with E-state index >= 15 is 0 Å². The number of nitrogens with zero attached hydrogens (tertiary/aromatic N) is 2. The van der Waals surface area contributed by atoms with Gasteiger partial charge < -0.3 is 9.80 Å². The molecular formula is C5H10N2. The third-order valence-electron chi connectivity index (χ3n) is 1.31. The largest absolute Gasteiger partial charge is 0.344 e. The third kappa shape index (κ3) is 0.463. The van der Waals surface area contributed by atoms with Crippen LogP contribution < -0.4 is 0 Å². The highest BCUT2D eigenvalue weighted by Crippen LogP contribution is 2.13. The maximum atomic E-state index is 3.77. The van der Waals surface area contributed by atoms with Gasteiger partial charge in [0, 0.05) is 14.1 Å². The first kappa shape index (κ1) is 4.50. The summed E-state index contributed by atoms with van der Waals surface area (Å²) in [6.07, 6.45) is 0. The normalized spacial score (nSPS) is 20.0. The summed E-state index contributed by atoms with van der Waals surface area (Å²) in [5.41, 5.74) is 0. The topological polar surface area (TPSA) is 6.48 Å². The van der Waals surface area contributed by atoms with E-state index in [2.05, 4.69) is 16.4 Å². The molecule has 1 saturated heterocycles. The van der Waals surface area contributed by atoms with Crippen LogP contribution in [0.5, 0.6) is 0 Å². The summed E-state index contributed by atoms with van der Waals surface area (Å²) in [6, 6.07) is 0. The SMILES string of the molecule is C=C1N(C)CN1C. The fourth-order valence-electron chi connectivity index (χ4n) is 0.695. The van der Waals surface area contributed by atoms with Gasteiger partial charge in [-0.1, -0.05) is 6.58 Å². The van der Waals surface area contributed by atoms with Crippen molar-refractivity contribution in [3.8, 4) is 0 Å². The highest BCUT2D eigenvalue weighted by Gasteiger charge is 2.17. The Kier molecular flexibility index (Phi) is 0.741. The van der Waals surface area contributed by atoms with E-state index in [1.54, 1.807) is 0 Å². The molecule has 0 atom stereocenters. The van der Waals surface area contributed by atoms with E-state index in [1.807, 2.05) is 14.1 Å². The third-order valence-corrected chi connectivity index (χ3v) is 1.31. The van der Waals surface area contributed by atoms with Crippen LogP contribution in [-0.4, -0.2) is 30.6 Å². The van der Waals surface area contributed by atoms with Crippen LogP contribution in [-0.2, 0) is 0 Å². The molecule has 40 valence electrons. The summed E-state index contributed by atoms with van der Waals surface area (Å²) in [7, 11) is 4.06. The van der Waals surface area contributed by atoms with E-state index in [-0.39, 0.29) is 0 Å². The molecule has 0 unspecified atom stereocenters. The minimum Gasteiger partial charge on any atom is -0.344 e. The summed E-state index contributed by atoms with van der Waals surface area (Å²) in [4.78, 5) is 4.19. The number of rotatable bonds is 0. The molecule has 0 aromatic carbocycles. The van der Waals surface area contributed by atoms with Gasteiger partial charge in [-0.3, -0.25) is 0 Å². The van der Waals surface area contributed by atoms with Crippen molar-refractivity contribution in [2.24, 2.45) is 0 Å². The van der Waals surface area contributed by atoms with Crippen molar-refractivity contribution in [1.82, 2.24) is 9.80 Å². The predicted octanol–water partition coefficient (Wildman–Crippen LogP) is 0.292. The van der Waals surface area contributed by atoms with Gasteiger partial charge in [0.05, 0.1) is 12.5 Å². The number of hydrogen-bond acceptors (Lipinski definition) is 2. The van der Waals surface area contributed by atoms with Crippen molar-refractivity contribution in [2.75, 3.05) is 20.8 Å².